The molecular weight excluding hydrogens is 925 g/mol. The van der Waals surface area contributed by atoms with Crippen molar-refractivity contribution in [3.8, 4) is 0 Å². The number of nitrogens with one attached hydrogen (secondary N) is 1. The van der Waals surface area contributed by atoms with Gasteiger partial charge in [-0.2, -0.15) is 0 Å². The van der Waals surface area contributed by atoms with Gasteiger partial charge in [-0.15, -0.1) is 0 Å². The topological polar surface area (TPSA) is 28.2 Å². The predicted molar refractivity (Wildman–Crippen MR) is 339 cm³/mol. The first-order valence-corrected chi connectivity index (χ1v) is 30.0. The smallest absolute Gasteiger partial charge is 0.0463 e. The van der Waals surface area contributed by atoms with Gasteiger partial charge in [0.1, 0.15) is 0 Å². The van der Waals surface area contributed by atoms with Gasteiger partial charge in [-0.1, -0.05) is 116 Å². The van der Waals surface area contributed by atoms with E-state index >= 15 is 0 Å². The van der Waals surface area contributed by atoms with Crippen LogP contribution in [-0.4, -0.2) is 48.3 Å². The molecule has 9 atom stereocenters. The van der Waals surface area contributed by atoms with Gasteiger partial charge in [0, 0.05) is 99.5 Å². The molecule has 0 aromatic heterocycles. The molecule has 6 heteroatoms. The molecular formula is C70H108N6. The zero-order valence-corrected chi connectivity index (χ0v) is 52.2. The molecule has 0 fully saturated rings. The average Bonchev–Trinajstić information content (AvgIpc) is 3.38. The van der Waals surface area contributed by atoms with Crippen molar-refractivity contribution in [1.82, 2.24) is 5.32 Å². The predicted octanol–water partition coefficient (Wildman–Crippen LogP) is 19.5. The van der Waals surface area contributed by atoms with Gasteiger partial charge in [0.2, 0.25) is 0 Å². The normalized spacial score (nSPS) is 15.8. The van der Waals surface area contributed by atoms with Crippen LogP contribution in [0.3, 0.4) is 0 Å². The van der Waals surface area contributed by atoms with Gasteiger partial charge in [0.25, 0.3) is 0 Å². The zero-order valence-electron chi connectivity index (χ0n) is 52.2. The number of rotatable bonds is 27. The Morgan fingerprint density at radius 3 is 0.645 bits per heavy atom. The van der Waals surface area contributed by atoms with Gasteiger partial charge in [0.05, 0.1) is 0 Å². The highest BCUT2D eigenvalue weighted by Gasteiger charge is 2.29. The van der Waals surface area contributed by atoms with Gasteiger partial charge < -0.3 is 29.8 Å². The van der Waals surface area contributed by atoms with E-state index in [0.29, 0.717) is 95.7 Å². The first-order valence-electron chi connectivity index (χ1n) is 30.0. The van der Waals surface area contributed by atoms with Crippen molar-refractivity contribution in [3.63, 3.8) is 0 Å². The van der Waals surface area contributed by atoms with Crippen molar-refractivity contribution in [3.05, 3.63) is 127 Å². The lowest BCUT2D eigenvalue weighted by atomic mass is 9.93. The minimum atomic E-state index is 0.401. The van der Waals surface area contributed by atoms with Gasteiger partial charge in [-0.05, 0) is 224 Å². The van der Waals surface area contributed by atoms with Gasteiger partial charge in [-0.3, -0.25) is 0 Å². The van der Waals surface area contributed by atoms with E-state index in [0.717, 1.165) is 40.5 Å². The van der Waals surface area contributed by atoms with Crippen molar-refractivity contribution < 1.29 is 0 Å². The first kappa shape index (κ1) is 61.9. The number of hydrogen-bond acceptors (Lipinski definition) is 6. The molecule has 0 aliphatic heterocycles. The van der Waals surface area contributed by atoms with Crippen LogP contribution in [0.1, 0.15) is 165 Å². The van der Waals surface area contributed by atoms with Gasteiger partial charge >= 0.3 is 0 Å². The Kier molecular flexibility index (Phi) is 22.5. The standard InChI is InChI=1S/C70H108N6/c1-45(2)53(16)71-54(17)52(15)44-61-24-26-65(27-25-61)75(66-34-28-62(29-35-66)72(55(18)46(3)4)56(19)47(5)6)69-40-42-70(43-41-69)76(67-36-30-63(31-37-67)73(57(20)48(7)8)58(21)49(9)10)68-38-32-64(33-39-68)74(59(22)50(11)12)60(23)51(13)14/h24-43,45-60,71H,44H2,1-23H3. The Morgan fingerprint density at radius 1 is 0.250 bits per heavy atom. The fourth-order valence-corrected chi connectivity index (χ4v) is 10.5. The Balaban J connectivity index is 1.65. The molecule has 0 saturated carbocycles. The Labute approximate surface area is 467 Å². The Bertz CT molecular complexity index is 2320. The van der Waals surface area contributed by atoms with Gasteiger partial charge in [0.15, 0.2) is 0 Å². The summed E-state index contributed by atoms with van der Waals surface area (Å²) >= 11 is 0. The minimum Gasteiger partial charge on any atom is -0.366 e. The molecule has 0 amide bonds. The third-order valence-corrected chi connectivity index (χ3v) is 18.1. The number of anilines is 9. The Morgan fingerprint density at radius 2 is 0.447 bits per heavy atom. The van der Waals surface area contributed by atoms with Crippen molar-refractivity contribution >= 4 is 51.2 Å². The second kappa shape index (κ2) is 27.6. The second-order valence-corrected chi connectivity index (χ2v) is 25.7. The fraction of sp³-hybridized carbons (Fsp3) is 0.571. The quantitative estimate of drug-likeness (QED) is 0.0564. The van der Waals surface area contributed by atoms with Crippen LogP contribution in [-0.2, 0) is 6.42 Å². The molecule has 9 unspecified atom stereocenters. The van der Waals surface area contributed by atoms with E-state index < -0.39 is 0 Å². The maximum atomic E-state index is 3.87. The van der Waals surface area contributed by atoms with E-state index in [1.54, 1.807) is 0 Å². The first-order chi connectivity index (χ1) is 35.7. The highest BCUT2D eigenvalue weighted by Crippen LogP contribution is 2.42. The van der Waals surface area contributed by atoms with E-state index in [1.807, 2.05) is 0 Å². The summed E-state index contributed by atoms with van der Waals surface area (Å²) in [7, 11) is 0. The molecule has 0 heterocycles. The summed E-state index contributed by atoms with van der Waals surface area (Å²) in [4.78, 5) is 12.8. The molecule has 5 aromatic carbocycles. The number of benzene rings is 5. The van der Waals surface area contributed by atoms with E-state index in [2.05, 4.69) is 310 Å². The summed E-state index contributed by atoms with van der Waals surface area (Å²) in [5.74, 6) is 4.25. The molecule has 1 N–H and O–H groups in total. The molecule has 0 aliphatic rings. The Hall–Kier alpha value is -4.94. The molecule has 418 valence electrons. The average molecular weight is 1030 g/mol. The van der Waals surface area contributed by atoms with Crippen LogP contribution in [0, 0.1) is 47.3 Å². The van der Waals surface area contributed by atoms with Crippen molar-refractivity contribution in [2.75, 3.05) is 24.5 Å². The van der Waals surface area contributed by atoms with Crippen molar-refractivity contribution in [1.29, 1.82) is 0 Å². The molecule has 0 aliphatic carbocycles. The molecule has 0 spiro atoms. The van der Waals surface area contributed by atoms with Crippen molar-refractivity contribution in [2.24, 2.45) is 47.3 Å². The van der Waals surface area contributed by atoms with Crippen LogP contribution in [0.15, 0.2) is 121 Å². The van der Waals surface area contributed by atoms with Crippen LogP contribution in [0.25, 0.3) is 0 Å². The summed E-state index contributed by atoms with van der Waals surface area (Å²) < 4.78 is 0. The lowest BCUT2D eigenvalue weighted by Gasteiger charge is -2.41. The molecule has 76 heavy (non-hydrogen) atoms. The monoisotopic (exact) mass is 1030 g/mol. The second-order valence-electron chi connectivity index (χ2n) is 25.7. The summed E-state index contributed by atoms with van der Waals surface area (Å²) in [6.45, 7) is 54.0. The zero-order chi connectivity index (χ0) is 56.5. The molecule has 5 rings (SSSR count). The van der Waals surface area contributed by atoms with Crippen LogP contribution in [0.4, 0.5) is 51.2 Å². The maximum absolute atomic E-state index is 3.87. The van der Waals surface area contributed by atoms with Gasteiger partial charge in [-0.25, -0.2) is 0 Å². The van der Waals surface area contributed by atoms with E-state index in [9.17, 15) is 0 Å². The summed E-state index contributed by atoms with van der Waals surface area (Å²) in [6, 6.07) is 50.0. The molecule has 0 radical (unpaired) electrons. The van der Waals surface area contributed by atoms with E-state index in [1.165, 1.54) is 22.6 Å². The summed E-state index contributed by atoms with van der Waals surface area (Å²) in [5, 5.41) is 3.87. The third kappa shape index (κ3) is 15.2. The highest BCUT2D eigenvalue weighted by molar-refractivity contribution is 5.82. The minimum absolute atomic E-state index is 0.401. The van der Waals surface area contributed by atoms with Crippen LogP contribution >= 0.6 is 0 Å². The molecule has 5 aromatic rings. The molecule has 0 saturated heterocycles. The maximum Gasteiger partial charge on any atom is 0.0463 e. The molecule has 0 bridgehead atoms. The highest BCUT2D eigenvalue weighted by atomic mass is 15.2. The lowest BCUT2D eigenvalue weighted by molar-refractivity contribution is 0.321. The van der Waals surface area contributed by atoms with Crippen LogP contribution in [0.5, 0.6) is 0 Å². The van der Waals surface area contributed by atoms with Crippen LogP contribution in [0.2, 0.25) is 0 Å². The number of nitrogens with zero attached hydrogens (tertiary/aromatic N) is 5. The van der Waals surface area contributed by atoms with E-state index in [4.69, 9.17) is 0 Å². The number of hydrogen-bond donors (Lipinski definition) is 1. The largest absolute Gasteiger partial charge is 0.366 e. The van der Waals surface area contributed by atoms with E-state index in [-0.39, 0.29) is 0 Å². The molecule has 6 nitrogen and oxygen atoms in total. The summed E-state index contributed by atoms with van der Waals surface area (Å²) in [5.41, 5.74) is 12.0. The third-order valence-electron chi connectivity index (χ3n) is 18.1. The van der Waals surface area contributed by atoms with Crippen molar-refractivity contribution in [2.45, 2.75) is 214 Å². The SMILES string of the molecule is CC(C)C(C)NC(C)C(C)Cc1ccc(N(c2ccc(N(c3ccc(N(C(C)C(C)C)C(C)C(C)C)cc3)c3ccc(N(C(C)C(C)C)C(C)C(C)C)cc3)cc2)c2ccc(N(C(C)C(C)C)C(C)C(C)C)cc2)cc1. The fourth-order valence-electron chi connectivity index (χ4n) is 10.5. The summed E-state index contributed by atoms with van der Waals surface area (Å²) in [6.07, 6.45) is 1.02. The lowest BCUT2D eigenvalue weighted by Crippen LogP contribution is -2.45. The van der Waals surface area contributed by atoms with Crippen LogP contribution < -0.4 is 29.8 Å².